The molecule has 0 bridgehead atoms. The van der Waals surface area contributed by atoms with Crippen LogP contribution in [0.1, 0.15) is 0 Å². The molecule has 0 heterocycles. The van der Waals surface area contributed by atoms with E-state index in [2.05, 4.69) is 10.1 Å². The van der Waals surface area contributed by atoms with E-state index in [1.165, 1.54) is 0 Å². The highest BCUT2D eigenvalue weighted by atomic mass is 19.2. The molecule has 0 radical (unpaired) electrons. The minimum absolute atomic E-state index is 0.208. The van der Waals surface area contributed by atoms with Gasteiger partial charge in [-0.3, -0.25) is 0 Å². The number of ether oxygens (including phenoxy) is 1. The molecule has 1 N–H and O–H groups in total. The lowest BCUT2D eigenvalue weighted by molar-refractivity contribution is 0.263. The van der Waals surface area contributed by atoms with Crippen LogP contribution in [-0.4, -0.2) is 20.2 Å². The van der Waals surface area contributed by atoms with Gasteiger partial charge in [0, 0.05) is 6.54 Å². The molecular formula is C9H8F5NO. The number of nitrogens with one attached hydrogen (secondary N) is 1. The predicted molar refractivity (Wildman–Crippen MR) is 45.7 cm³/mol. The Morgan fingerprint density at radius 3 is 1.75 bits per heavy atom. The molecule has 0 amide bonds. The molecule has 7 heteroatoms. The first kappa shape index (κ1) is 12.7. The van der Waals surface area contributed by atoms with Gasteiger partial charge in [-0.1, -0.05) is 0 Å². The summed E-state index contributed by atoms with van der Waals surface area (Å²) in [4.78, 5) is 0. The summed E-state index contributed by atoms with van der Waals surface area (Å²) in [5.74, 6) is -11.4. The van der Waals surface area contributed by atoms with Gasteiger partial charge in [0.1, 0.15) is 6.61 Å². The third-order valence-electron chi connectivity index (χ3n) is 1.77. The molecule has 0 saturated carbocycles. The van der Waals surface area contributed by atoms with Crippen molar-refractivity contribution in [3.05, 3.63) is 29.1 Å². The first-order valence-electron chi connectivity index (χ1n) is 4.29. The van der Waals surface area contributed by atoms with Crippen molar-refractivity contribution in [1.29, 1.82) is 0 Å². The van der Waals surface area contributed by atoms with Crippen LogP contribution in [-0.2, 0) is 0 Å². The highest BCUT2D eigenvalue weighted by molar-refractivity contribution is 5.29. The maximum Gasteiger partial charge on any atom is 0.206 e. The Morgan fingerprint density at radius 2 is 1.31 bits per heavy atom. The second kappa shape index (κ2) is 5.11. The number of hydrogen-bond donors (Lipinski definition) is 1. The smallest absolute Gasteiger partial charge is 0.206 e. The van der Waals surface area contributed by atoms with Crippen molar-refractivity contribution in [2.45, 2.75) is 0 Å². The molecule has 90 valence electrons. The molecule has 0 aliphatic heterocycles. The maximum atomic E-state index is 13.0. The molecule has 0 aliphatic carbocycles. The topological polar surface area (TPSA) is 21.3 Å². The largest absolute Gasteiger partial charge is 0.486 e. The fourth-order valence-electron chi connectivity index (χ4n) is 0.967. The molecule has 0 saturated heterocycles. The van der Waals surface area contributed by atoms with Crippen molar-refractivity contribution in [2.75, 3.05) is 20.2 Å². The number of hydrogen-bond acceptors (Lipinski definition) is 2. The van der Waals surface area contributed by atoms with Crippen molar-refractivity contribution >= 4 is 0 Å². The second-order valence-corrected chi connectivity index (χ2v) is 2.85. The molecule has 0 aromatic heterocycles. The quantitative estimate of drug-likeness (QED) is 0.376. The zero-order valence-corrected chi connectivity index (χ0v) is 8.21. The van der Waals surface area contributed by atoms with E-state index in [1.807, 2.05) is 0 Å². The van der Waals surface area contributed by atoms with Crippen molar-refractivity contribution in [1.82, 2.24) is 5.32 Å². The minimum atomic E-state index is -2.20. The molecule has 16 heavy (non-hydrogen) atoms. The Balaban J connectivity index is 3.08. The lowest BCUT2D eigenvalue weighted by Gasteiger charge is -2.09. The van der Waals surface area contributed by atoms with Crippen molar-refractivity contribution in [3.8, 4) is 5.75 Å². The van der Waals surface area contributed by atoms with Crippen molar-refractivity contribution < 1.29 is 26.7 Å². The molecule has 1 rings (SSSR count). The van der Waals surface area contributed by atoms with Gasteiger partial charge in [-0.15, -0.1) is 0 Å². The molecule has 2 nitrogen and oxygen atoms in total. The van der Waals surface area contributed by atoms with E-state index in [-0.39, 0.29) is 13.2 Å². The monoisotopic (exact) mass is 241 g/mol. The maximum absolute atomic E-state index is 13.0. The van der Waals surface area contributed by atoms with E-state index in [9.17, 15) is 22.0 Å². The van der Waals surface area contributed by atoms with Crippen LogP contribution in [0.25, 0.3) is 0 Å². The van der Waals surface area contributed by atoms with Crippen LogP contribution >= 0.6 is 0 Å². The molecule has 0 fully saturated rings. The van der Waals surface area contributed by atoms with Gasteiger partial charge in [-0.25, -0.2) is 13.2 Å². The van der Waals surface area contributed by atoms with Gasteiger partial charge in [-0.2, -0.15) is 8.78 Å². The van der Waals surface area contributed by atoms with Crippen LogP contribution in [0.5, 0.6) is 5.75 Å². The summed E-state index contributed by atoms with van der Waals surface area (Å²) in [6.45, 7) is -0.00561. The van der Waals surface area contributed by atoms with Crippen LogP contribution < -0.4 is 10.1 Å². The fourth-order valence-corrected chi connectivity index (χ4v) is 0.967. The number of halogens is 5. The Kier molecular flexibility index (Phi) is 4.05. The number of benzene rings is 1. The van der Waals surface area contributed by atoms with E-state index >= 15 is 0 Å². The van der Waals surface area contributed by atoms with Crippen LogP contribution in [0.3, 0.4) is 0 Å². The molecule has 1 aromatic rings. The summed E-state index contributed by atoms with van der Waals surface area (Å²) in [7, 11) is 1.54. The zero-order valence-electron chi connectivity index (χ0n) is 8.21. The van der Waals surface area contributed by atoms with Gasteiger partial charge in [0.05, 0.1) is 0 Å². The average molecular weight is 241 g/mol. The van der Waals surface area contributed by atoms with E-state index in [4.69, 9.17) is 0 Å². The van der Waals surface area contributed by atoms with Gasteiger partial charge in [0.25, 0.3) is 0 Å². The predicted octanol–water partition coefficient (Wildman–Crippen LogP) is 1.98. The van der Waals surface area contributed by atoms with Crippen LogP contribution in [0, 0.1) is 29.1 Å². The molecule has 0 aliphatic rings. The highest BCUT2D eigenvalue weighted by Crippen LogP contribution is 2.28. The Bertz CT molecular complexity index is 367. The molecule has 0 unspecified atom stereocenters. The summed E-state index contributed by atoms with van der Waals surface area (Å²) in [6.07, 6.45) is 0. The summed E-state index contributed by atoms with van der Waals surface area (Å²) < 4.78 is 68.3. The molecule has 1 aromatic carbocycles. The zero-order chi connectivity index (χ0) is 12.3. The highest BCUT2D eigenvalue weighted by Gasteiger charge is 2.26. The minimum Gasteiger partial charge on any atom is -0.486 e. The van der Waals surface area contributed by atoms with Crippen LogP contribution in [0.4, 0.5) is 22.0 Å². The lowest BCUT2D eigenvalue weighted by atomic mass is 10.2. The third-order valence-corrected chi connectivity index (χ3v) is 1.77. The van der Waals surface area contributed by atoms with Gasteiger partial charge < -0.3 is 10.1 Å². The third kappa shape index (κ3) is 2.24. The van der Waals surface area contributed by atoms with E-state index < -0.39 is 34.8 Å². The van der Waals surface area contributed by atoms with Gasteiger partial charge >= 0.3 is 0 Å². The molecule has 0 atom stereocenters. The Morgan fingerprint density at radius 1 is 0.875 bits per heavy atom. The standard InChI is InChI=1S/C9H8F5NO/c1-15-2-3-16-9-7(13)5(11)4(10)6(12)8(9)14/h15H,2-3H2,1H3. The van der Waals surface area contributed by atoms with Crippen LogP contribution in [0.2, 0.25) is 0 Å². The Labute approximate surface area is 88.0 Å². The molecular weight excluding hydrogens is 233 g/mol. The summed E-state index contributed by atoms with van der Waals surface area (Å²) in [5, 5.41) is 2.59. The average Bonchev–Trinajstić information content (AvgIpc) is 2.28. The van der Waals surface area contributed by atoms with E-state index in [1.54, 1.807) is 7.05 Å². The van der Waals surface area contributed by atoms with E-state index in [0.717, 1.165) is 0 Å². The Hall–Kier alpha value is -1.37. The SMILES string of the molecule is CNCCOc1c(F)c(F)c(F)c(F)c1F. The first-order chi connectivity index (χ1) is 7.50. The number of rotatable bonds is 4. The van der Waals surface area contributed by atoms with E-state index in [0.29, 0.717) is 0 Å². The summed E-state index contributed by atoms with van der Waals surface area (Å²) in [6, 6.07) is 0. The van der Waals surface area contributed by atoms with Gasteiger partial charge in [0.2, 0.25) is 29.1 Å². The van der Waals surface area contributed by atoms with Crippen molar-refractivity contribution in [3.63, 3.8) is 0 Å². The van der Waals surface area contributed by atoms with Crippen molar-refractivity contribution in [2.24, 2.45) is 0 Å². The summed E-state index contributed by atoms with van der Waals surface area (Å²) in [5.41, 5.74) is 0. The fraction of sp³-hybridized carbons (Fsp3) is 0.333. The normalized spacial score (nSPS) is 10.6. The second-order valence-electron chi connectivity index (χ2n) is 2.85. The summed E-state index contributed by atoms with van der Waals surface area (Å²) >= 11 is 0. The van der Waals surface area contributed by atoms with Gasteiger partial charge in [-0.05, 0) is 7.05 Å². The van der Waals surface area contributed by atoms with Gasteiger partial charge in [0.15, 0.2) is 5.75 Å². The van der Waals surface area contributed by atoms with Crippen LogP contribution in [0.15, 0.2) is 0 Å². The first-order valence-corrected chi connectivity index (χ1v) is 4.29. The molecule has 0 spiro atoms. The lowest BCUT2D eigenvalue weighted by Crippen LogP contribution is -2.17. The number of likely N-dealkylation sites (N-methyl/N-ethyl adjacent to an activating group) is 1.